The van der Waals surface area contributed by atoms with Gasteiger partial charge < -0.3 is 38.3 Å². The third kappa shape index (κ3) is 2.99. The van der Waals surface area contributed by atoms with E-state index in [-0.39, 0.29) is 12.0 Å². The minimum absolute atomic E-state index is 0.0880. The molecule has 4 heterocycles. The second-order valence-corrected chi connectivity index (χ2v) is 14.4. The van der Waals surface area contributed by atoms with E-state index >= 15 is 0 Å². The summed E-state index contributed by atoms with van der Waals surface area (Å²) in [5.41, 5.74) is -8.22. The fraction of sp³-hybridized carbons (Fsp3) is 0.688. The monoisotopic (exact) mass is 614 g/mol. The fourth-order valence-corrected chi connectivity index (χ4v) is 10.4. The number of epoxide rings is 2. The molecule has 3 saturated carbocycles. The van der Waals surface area contributed by atoms with Crippen molar-refractivity contribution in [3.05, 3.63) is 35.8 Å². The highest BCUT2D eigenvalue weighted by molar-refractivity contribution is 6.01. The van der Waals surface area contributed by atoms with Gasteiger partial charge in [0.15, 0.2) is 17.5 Å². The van der Waals surface area contributed by atoms with Crippen molar-refractivity contribution in [3.8, 4) is 0 Å². The molecule has 12 nitrogen and oxygen atoms in total. The molecule has 0 aromatic carbocycles. The first-order valence-corrected chi connectivity index (χ1v) is 15.0. The summed E-state index contributed by atoms with van der Waals surface area (Å²) >= 11 is 0. The highest BCUT2D eigenvalue weighted by Crippen LogP contribution is 2.85. The summed E-state index contributed by atoms with van der Waals surface area (Å²) < 4.78 is 35.4. The van der Waals surface area contributed by atoms with Gasteiger partial charge in [-0.25, -0.2) is 9.59 Å². The summed E-state index contributed by atoms with van der Waals surface area (Å²) in [7, 11) is 1.13. The molecule has 44 heavy (non-hydrogen) atoms. The number of esters is 3. The van der Waals surface area contributed by atoms with Gasteiger partial charge in [-0.2, -0.15) is 0 Å². The molecule has 12 heteroatoms. The van der Waals surface area contributed by atoms with E-state index in [9.17, 15) is 29.4 Å². The van der Waals surface area contributed by atoms with Crippen LogP contribution in [-0.2, 0) is 42.9 Å². The van der Waals surface area contributed by atoms with Crippen molar-refractivity contribution in [2.75, 3.05) is 7.11 Å². The SMILES string of the molecule is CC=C(C)C(=O)OC1C(C)(C)C(C(O)C(=O)OC)C2(C)C(=O)C1(O)C1OC13C1CC(=O)OC(c4ccoc4)C1(C)CC1OC123. The van der Waals surface area contributed by atoms with Crippen molar-refractivity contribution in [1.82, 2.24) is 0 Å². The van der Waals surface area contributed by atoms with E-state index in [2.05, 4.69) is 0 Å². The molecule has 1 aromatic heterocycles. The van der Waals surface area contributed by atoms with E-state index < -0.39 is 99.1 Å². The van der Waals surface area contributed by atoms with Gasteiger partial charge in [-0.1, -0.05) is 26.8 Å². The standard InChI is InChI=1S/C32H38O12/c1-8-14(2)22(35)42-25-27(3,4)20(19(34)23(36)39-7)29(6)24(37)30(25,38)26-31(44-26)16-11-18(33)41-21(15-9-10-40-13-15)28(16,5)12-17-32(29,31)43-17/h8-10,13,16-17,19-21,25-26,34,38H,11-12H2,1-7H3. The Kier molecular flexibility index (Phi) is 5.79. The fourth-order valence-electron chi connectivity index (χ4n) is 10.4. The predicted molar refractivity (Wildman–Crippen MR) is 146 cm³/mol. The van der Waals surface area contributed by atoms with Gasteiger partial charge >= 0.3 is 17.9 Å². The smallest absolute Gasteiger partial charge is 0.335 e. The van der Waals surface area contributed by atoms with Gasteiger partial charge in [-0.05, 0) is 33.3 Å². The maximum absolute atomic E-state index is 14.9. The Morgan fingerprint density at radius 2 is 1.86 bits per heavy atom. The number of aliphatic hydroxyl groups is 2. The molecule has 7 rings (SSSR count). The Bertz CT molecular complexity index is 1510. The summed E-state index contributed by atoms with van der Waals surface area (Å²) in [5.74, 6) is -4.87. The number of ether oxygens (including phenoxy) is 5. The van der Waals surface area contributed by atoms with Crippen LogP contribution in [0.1, 0.15) is 66.1 Å². The van der Waals surface area contributed by atoms with E-state index in [1.165, 1.54) is 12.5 Å². The number of hydrogen-bond donors (Lipinski definition) is 2. The molecule has 238 valence electrons. The molecule has 6 aliphatic rings. The number of Topliss-reactive ketones (excluding diaryl/α,β-unsaturated/α-hetero) is 1. The first-order valence-electron chi connectivity index (χ1n) is 15.0. The van der Waals surface area contributed by atoms with E-state index in [4.69, 9.17) is 28.1 Å². The Morgan fingerprint density at radius 3 is 2.48 bits per heavy atom. The summed E-state index contributed by atoms with van der Waals surface area (Å²) in [6.45, 7) is 10.0. The van der Waals surface area contributed by atoms with Gasteiger partial charge in [-0.15, -0.1) is 0 Å². The predicted octanol–water partition coefficient (Wildman–Crippen LogP) is 1.96. The number of allylic oxidation sites excluding steroid dienone is 1. The second-order valence-electron chi connectivity index (χ2n) is 14.4. The van der Waals surface area contributed by atoms with Crippen LogP contribution >= 0.6 is 0 Å². The molecule has 12 atom stereocenters. The number of furan rings is 1. The Morgan fingerprint density at radius 1 is 1.16 bits per heavy atom. The third-order valence-electron chi connectivity index (χ3n) is 12.2. The van der Waals surface area contributed by atoms with Crippen LogP contribution in [0.3, 0.4) is 0 Å². The molecule has 0 amide bonds. The lowest BCUT2D eigenvalue weighted by molar-refractivity contribution is -0.257. The van der Waals surface area contributed by atoms with Gasteiger partial charge in [0.25, 0.3) is 0 Å². The number of rotatable bonds is 5. The maximum atomic E-state index is 14.9. The van der Waals surface area contributed by atoms with Crippen LogP contribution in [0.2, 0.25) is 0 Å². The van der Waals surface area contributed by atoms with E-state index in [0.717, 1.165) is 7.11 Å². The molecule has 3 saturated heterocycles. The molecule has 12 unspecified atom stereocenters. The van der Waals surface area contributed by atoms with Crippen molar-refractivity contribution < 1.29 is 57.5 Å². The molecule has 2 spiro atoms. The molecule has 1 aromatic rings. The Balaban J connectivity index is 1.45. The summed E-state index contributed by atoms with van der Waals surface area (Å²) in [6, 6.07) is 1.72. The summed E-state index contributed by atoms with van der Waals surface area (Å²) in [5, 5.41) is 24.4. The molecule has 6 fully saturated rings. The van der Waals surface area contributed by atoms with Crippen molar-refractivity contribution >= 4 is 23.7 Å². The third-order valence-corrected chi connectivity index (χ3v) is 12.2. The normalized spacial score (nSPS) is 48.4. The van der Waals surface area contributed by atoms with Gasteiger partial charge in [0.05, 0.1) is 37.6 Å². The lowest BCUT2D eigenvalue weighted by Crippen LogP contribution is -2.84. The molecule has 0 radical (unpaired) electrons. The van der Waals surface area contributed by atoms with Gasteiger partial charge in [0.1, 0.15) is 29.5 Å². The van der Waals surface area contributed by atoms with Crippen molar-refractivity contribution in [1.29, 1.82) is 0 Å². The molecular weight excluding hydrogens is 576 g/mol. The zero-order chi connectivity index (χ0) is 32.0. The van der Waals surface area contributed by atoms with Gasteiger partial charge in [0.2, 0.25) is 0 Å². The van der Waals surface area contributed by atoms with Crippen molar-refractivity contribution in [2.45, 2.75) is 102 Å². The minimum atomic E-state index is -2.40. The largest absolute Gasteiger partial charge is 0.472 e. The zero-order valence-electron chi connectivity index (χ0n) is 25.7. The van der Waals surface area contributed by atoms with E-state index in [0.29, 0.717) is 12.0 Å². The molecule has 3 aliphatic heterocycles. The number of fused-ring (bicyclic) bond motifs is 4. The van der Waals surface area contributed by atoms with Crippen LogP contribution in [0.4, 0.5) is 0 Å². The quantitative estimate of drug-likeness (QED) is 0.214. The Labute approximate surface area is 254 Å². The van der Waals surface area contributed by atoms with Crippen LogP contribution < -0.4 is 0 Å². The van der Waals surface area contributed by atoms with Crippen molar-refractivity contribution in [3.63, 3.8) is 0 Å². The van der Waals surface area contributed by atoms with Gasteiger partial charge in [-0.3, -0.25) is 9.59 Å². The number of carbonyl (C=O) groups excluding carboxylic acids is 4. The lowest BCUT2D eigenvalue weighted by Gasteiger charge is -2.65. The minimum Gasteiger partial charge on any atom is -0.472 e. The summed E-state index contributed by atoms with van der Waals surface area (Å²) in [4.78, 5) is 54.4. The molecule has 2 bridgehead atoms. The molecular formula is C32H38O12. The summed E-state index contributed by atoms with van der Waals surface area (Å²) in [6.07, 6.45) is -1.12. The second kappa shape index (κ2) is 8.60. The Hall–Kier alpha value is -3.06. The first-order chi connectivity index (χ1) is 20.5. The van der Waals surface area contributed by atoms with Crippen molar-refractivity contribution in [2.24, 2.45) is 28.1 Å². The maximum Gasteiger partial charge on any atom is 0.335 e. The van der Waals surface area contributed by atoms with Crippen LogP contribution in [0, 0.1) is 28.1 Å². The number of methoxy groups -OCH3 is 1. The topological polar surface area (TPSA) is 175 Å². The molecule has 2 N–H and O–H groups in total. The van der Waals surface area contributed by atoms with Crippen LogP contribution in [-0.4, -0.2) is 82.2 Å². The number of ketones is 1. The number of hydrogen-bond acceptors (Lipinski definition) is 12. The van der Waals surface area contributed by atoms with Gasteiger partial charge in [0, 0.05) is 33.8 Å². The van der Waals surface area contributed by atoms with E-state index in [1.807, 2.05) is 6.92 Å². The first kappa shape index (κ1) is 29.6. The zero-order valence-corrected chi connectivity index (χ0v) is 25.7. The van der Waals surface area contributed by atoms with Crippen LogP contribution in [0.25, 0.3) is 0 Å². The average Bonchev–Trinajstić information content (AvgIpc) is 3.84. The molecule has 3 aliphatic carbocycles. The highest BCUT2D eigenvalue weighted by atomic mass is 16.7. The van der Waals surface area contributed by atoms with E-state index in [1.54, 1.807) is 46.8 Å². The highest BCUT2D eigenvalue weighted by Gasteiger charge is 3.02. The van der Waals surface area contributed by atoms with Crippen LogP contribution in [0.15, 0.2) is 34.7 Å². The number of aliphatic hydroxyl groups excluding tert-OH is 1. The number of carbonyl (C=O) groups is 4. The average molecular weight is 615 g/mol. The number of cyclic esters (lactones) is 1. The lowest BCUT2D eigenvalue weighted by atomic mass is 9.35. The van der Waals surface area contributed by atoms with Crippen LogP contribution in [0.5, 0.6) is 0 Å².